The summed E-state index contributed by atoms with van der Waals surface area (Å²) in [5.74, 6) is 0.0324. The van der Waals surface area contributed by atoms with E-state index in [1.54, 1.807) is 0 Å². The van der Waals surface area contributed by atoms with E-state index < -0.39 is 0 Å². The van der Waals surface area contributed by atoms with Crippen molar-refractivity contribution < 1.29 is 9.53 Å². The summed E-state index contributed by atoms with van der Waals surface area (Å²) in [6, 6.07) is 0.245. The van der Waals surface area contributed by atoms with Crippen molar-refractivity contribution >= 4 is 5.91 Å². The van der Waals surface area contributed by atoms with E-state index in [4.69, 9.17) is 10.5 Å². The molecule has 1 fully saturated rings. The summed E-state index contributed by atoms with van der Waals surface area (Å²) < 4.78 is 5.56. The Morgan fingerprint density at radius 3 is 2.82 bits per heavy atom. The third-order valence-corrected chi connectivity index (χ3v) is 3.29. The van der Waals surface area contributed by atoms with Crippen LogP contribution in [0, 0.1) is 0 Å². The second-order valence-corrected chi connectivity index (χ2v) is 4.97. The highest BCUT2D eigenvalue weighted by atomic mass is 16.5. The summed E-state index contributed by atoms with van der Waals surface area (Å²) in [6.45, 7) is 4.75. The largest absolute Gasteiger partial charge is 0.364 e. The van der Waals surface area contributed by atoms with E-state index in [2.05, 4.69) is 19.2 Å². The molecule has 3 atom stereocenters. The van der Waals surface area contributed by atoms with Gasteiger partial charge in [0.15, 0.2) is 0 Å². The van der Waals surface area contributed by atoms with Crippen LogP contribution in [0.1, 0.15) is 52.4 Å². The fraction of sp³-hybridized carbons (Fsp3) is 0.923. The highest BCUT2D eigenvalue weighted by Crippen LogP contribution is 2.19. The molecule has 17 heavy (non-hydrogen) atoms. The Morgan fingerprint density at radius 2 is 2.24 bits per heavy atom. The van der Waals surface area contributed by atoms with Gasteiger partial charge in [-0.05, 0) is 26.2 Å². The Bertz CT molecular complexity index is 233. The first kappa shape index (κ1) is 14.5. The van der Waals surface area contributed by atoms with Gasteiger partial charge < -0.3 is 15.8 Å². The zero-order chi connectivity index (χ0) is 12.7. The maximum atomic E-state index is 11.9. The number of nitrogens with one attached hydrogen (secondary N) is 1. The third-order valence-electron chi connectivity index (χ3n) is 3.29. The highest BCUT2D eigenvalue weighted by Gasteiger charge is 2.30. The standard InChI is InChI=1S/C13H26N2O2/c1-3-4-5-6-10(2)15-13(16)12-8-7-11(9-14)17-12/h10-12H,3-9,14H2,1-2H3,(H,15,16). The molecule has 3 N–H and O–H groups in total. The van der Waals surface area contributed by atoms with Gasteiger partial charge in [0.25, 0.3) is 0 Å². The first-order valence-corrected chi connectivity index (χ1v) is 6.83. The molecule has 1 saturated heterocycles. The molecule has 4 heteroatoms. The lowest BCUT2D eigenvalue weighted by molar-refractivity contribution is -0.132. The van der Waals surface area contributed by atoms with Crippen LogP contribution in [0.3, 0.4) is 0 Å². The number of hydrogen-bond donors (Lipinski definition) is 2. The van der Waals surface area contributed by atoms with E-state index in [0.29, 0.717) is 6.54 Å². The second-order valence-electron chi connectivity index (χ2n) is 4.97. The summed E-state index contributed by atoms with van der Waals surface area (Å²) in [5, 5.41) is 3.02. The highest BCUT2D eigenvalue weighted by molar-refractivity contribution is 5.81. The normalized spacial score (nSPS) is 25.8. The molecular formula is C13H26N2O2. The van der Waals surface area contributed by atoms with Crippen LogP contribution in [0.15, 0.2) is 0 Å². The van der Waals surface area contributed by atoms with E-state index >= 15 is 0 Å². The van der Waals surface area contributed by atoms with Gasteiger partial charge in [0, 0.05) is 12.6 Å². The first-order chi connectivity index (χ1) is 8.17. The molecule has 100 valence electrons. The van der Waals surface area contributed by atoms with Gasteiger partial charge in [-0.2, -0.15) is 0 Å². The molecule has 0 aromatic rings. The molecule has 1 aliphatic heterocycles. The van der Waals surface area contributed by atoms with Crippen LogP contribution in [0.4, 0.5) is 0 Å². The quantitative estimate of drug-likeness (QED) is 0.666. The zero-order valence-corrected chi connectivity index (χ0v) is 11.1. The predicted molar refractivity (Wildman–Crippen MR) is 68.7 cm³/mol. The number of unbranched alkanes of at least 4 members (excludes halogenated alkanes) is 2. The molecule has 0 aromatic carbocycles. The average Bonchev–Trinajstić information content (AvgIpc) is 2.78. The number of carbonyl (C=O) groups excluding carboxylic acids is 1. The molecule has 0 saturated carbocycles. The topological polar surface area (TPSA) is 64.4 Å². The van der Waals surface area contributed by atoms with Crippen LogP contribution in [0.25, 0.3) is 0 Å². The van der Waals surface area contributed by atoms with E-state index in [1.165, 1.54) is 19.3 Å². The van der Waals surface area contributed by atoms with E-state index in [-0.39, 0.29) is 24.2 Å². The van der Waals surface area contributed by atoms with Crippen molar-refractivity contribution in [2.75, 3.05) is 6.54 Å². The predicted octanol–water partition coefficient (Wildman–Crippen LogP) is 1.58. The zero-order valence-electron chi connectivity index (χ0n) is 11.1. The van der Waals surface area contributed by atoms with Crippen LogP contribution >= 0.6 is 0 Å². The van der Waals surface area contributed by atoms with Crippen LogP contribution < -0.4 is 11.1 Å². The van der Waals surface area contributed by atoms with E-state index in [9.17, 15) is 4.79 Å². The van der Waals surface area contributed by atoms with Crippen molar-refractivity contribution in [2.24, 2.45) is 5.73 Å². The molecule has 0 spiro atoms. The van der Waals surface area contributed by atoms with Gasteiger partial charge in [-0.25, -0.2) is 0 Å². The van der Waals surface area contributed by atoms with Crippen molar-refractivity contribution in [3.8, 4) is 0 Å². The van der Waals surface area contributed by atoms with Crippen LogP contribution in [0.2, 0.25) is 0 Å². The maximum Gasteiger partial charge on any atom is 0.249 e. The fourth-order valence-corrected chi connectivity index (χ4v) is 2.18. The summed E-state index contributed by atoms with van der Waals surface area (Å²) in [5.41, 5.74) is 5.52. The molecular weight excluding hydrogens is 216 g/mol. The molecule has 0 aromatic heterocycles. The maximum absolute atomic E-state index is 11.9. The van der Waals surface area contributed by atoms with Crippen molar-refractivity contribution in [3.63, 3.8) is 0 Å². The SMILES string of the molecule is CCCCCC(C)NC(=O)C1CCC(CN)O1. The molecule has 1 rings (SSSR count). The van der Waals surface area contributed by atoms with Crippen LogP contribution in [0.5, 0.6) is 0 Å². The summed E-state index contributed by atoms with van der Waals surface area (Å²) in [4.78, 5) is 11.9. The van der Waals surface area contributed by atoms with Crippen molar-refractivity contribution in [2.45, 2.75) is 70.6 Å². The fourth-order valence-electron chi connectivity index (χ4n) is 2.18. The lowest BCUT2D eigenvalue weighted by Crippen LogP contribution is -2.40. The van der Waals surface area contributed by atoms with E-state index in [0.717, 1.165) is 19.3 Å². The number of nitrogens with two attached hydrogens (primary N) is 1. The van der Waals surface area contributed by atoms with Gasteiger partial charge in [0.2, 0.25) is 5.91 Å². The summed E-state index contributed by atoms with van der Waals surface area (Å²) in [7, 11) is 0. The molecule has 0 bridgehead atoms. The molecule has 1 amide bonds. The lowest BCUT2D eigenvalue weighted by atomic mass is 10.1. The third kappa shape index (κ3) is 5.04. The number of ether oxygens (including phenoxy) is 1. The lowest BCUT2D eigenvalue weighted by Gasteiger charge is -2.17. The van der Waals surface area contributed by atoms with Gasteiger partial charge in [-0.15, -0.1) is 0 Å². The monoisotopic (exact) mass is 242 g/mol. The number of carbonyl (C=O) groups is 1. The number of hydrogen-bond acceptors (Lipinski definition) is 3. The summed E-state index contributed by atoms with van der Waals surface area (Å²) >= 11 is 0. The average molecular weight is 242 g/mol. The Balaban J connectivity index is 2.20. The van der Waals surface area contributed by atoms with Crippen molar-refractivity contribution in [1.82, 2.24) is 5.32 Å². The van der Waals surface area contributed by atoms with E-state index in [1.807, 2.05) is 0 Å². The minimum Gasteiger partial charge on any atom is -0.364 e. The second kappa shape index (κ2) is 7.67. The van der Waals surface area contributed by atoms with Crippen molar-refractivity contribution in [1.29, 1.82) is 0 Å². The van der Waals surface area contributed by atoms with Gasteiger partial charge >= 0.3 is 0 Å². The van der Waals surface area contributed by atoms with Gasteiger partial charge in [-0.3, -0.25) is 4.79 Å². The smallest absolute Gasteiger partial charge is 0.249 e. The Morgan fingerprint density at radius 1 is 1.47 bits per heavy atom. The minimum atomic E-state index is -0.280. The molecule has 4 nitrogen and oxygen atoms in total. The first-order valence-electron chi connectivity index (χ1n) is 6.83. The summed E-state index contributed by atoms with van der Waals surface area (Å²) in [6.07, 6.45) is 6.16. The van der Waals surface area contributed by atoms with Gasteiger partial charge in [0.05, 0.1) is 6.10 Å². The molecule has 1 aliphatic rings. The Hall–Kier alpha value is -0.610. The van der Waals surface area contributed by atoms with Crippen LogP contribution in [-0.2, 0) is 9.53 Å². The number of amides is 1. The van der Waals surface area contributed by atoms with Crippen LogP contribution in [-0.4, -0.2) is 30.7 Å². The molecule has 1 heterocycles. The minimum absolute atomic E-state index is 0.0324. The molecule has 0 radical (unpaired) electrons. The Labute approximate surface area is 104 Å². The van der Waals surface area contributed by atoms with Gasteiger partial charge in [0.1, 0.15) is 6.10 Å². The molecule has 3 unspecified atom stereocenters. The molecule has 0 aliphatic carbocycles. The van der Waals surface area contributed by atoms with Crippen molar-refractivity contribution in [3.05, 3.63) is 0 Å². The number of rotatable bonds is 7. The van der Waals surface area contributed by atoms with Gasteiger partial charge in [-0.1, -0.05) is 26.2 Å². The Kier molecular flexibility index (Phi) is 6.52.